The summed E-state index contributed by atoms with van der Waals surface area (Å²) in [6, 6.07) is 9.99. The van der Waals surface area contributed by atoms with E-state index in [1.807, 2.05) is 35.2 Å². The normalized spacial score (nSPS) is 19.7. The maximum atomic E-state index is 13.2. The lowest BCUT2D eigenvalue weighted by molar-refractivity contribution is -0.136. The molecule has 7 nitrogen and oxygen atoms in total. The van der Waals surface area contributed by atoms with Crippen molar-refractivity contribution < 1.29 is 14.3 Å². The number of nitrogens with zero attached hydrogens (tertiary/aromatic N) is 2. The fourth-order valence-electron chi connectivity index (χ4n) is 4.24. The minimum absolute atomic E-state index is 0.142. The molecule has 7 heteroatoms. The second kappa shape index (κ2) is 11.3. The molecular weight excluding hydrogens is 380 g/mol. The molecule has 1 atom stereocenters. The molecule has 1 aromatic rings. The highest BCUT2D eigenvalue weighted by Crippen LogP contribution is 2.43. The van der Waals surface area contributed by atoms with Crippen LogP contribution in [0.3, 0.4) is 0 Å². The molecule has 1 unspecified atom stereocenters. The van der Waals surface area contributed by atoms with Gasteiger partial charge in [0.15, 0.2) is 5.96 Å². The van der Waals surface area contributed by atoms with Gasteiger partial charge in [0, 0.05) is 46.9 Å². The van der Waals surface area contributed by atoms with Crippen molar-refractivity contribution >= 4 is 11.9 Å². The first kappa shape index (κ1) is 22.6. The fraction of sp³-hybridized carbons (Fsp3) is 0.652. The Morgan fingerprint density at radius 1 is 1.23 bits per heavy atom. The van der Waals surface area contributed by atoms with Gasteiger partial charge in [-0.15, -0.1) is 0 Å². The van der Waals surface area contributed by atoms with Gasteiger partial charge in [-0.2, -0.15) is 0 Å². The number of carbonyl (C=O) groups is 1. The van der Waals surface area contributed by atoms with Gasteiger partial charge in [-0.1, -0.05) is 36.8 Å². The van der Waals surface area contributed by atoms with E-state index in [9.17, 15) is 4.79 Å². The molecule has 2 aliphatic rings. The summed E-state index contributed by atoms with van der Waals surface area (Å²) in [7, 11) is 3.54. The summed E-state index contributed by atoms with van der Waals surface area (Å²) in [5.41, 5.74) is 1.32. The van der Waals surface area contributed by atoms with Crippen molar-refractivity contribution in [1.82, 2.24) is 15.5 Å². The van der Waals surface area contributed by atoms with Crippen LogP contribution >= 0.6 is 0 Å². The monoisotopic (exact) mass is 416 g/mol. The molecule has 1 aliphatic heterocycles. The molecule has 30 heavy (non-hydrogen) atoms. The molecule has 1 aliphatic carbocycles. The molecule has 166 valence electrons. The van der Waals surface area contributed by atoms with Crippen LogP contribution in [0.15, 0.2) is 35.3 Å². The average Bonchev–Trinajstić information content (AvgIpc) is 2.78. The number of morpholine rings is 1. The molecule has 1 heterocycles. The first-order valence-corrected chi connectivity index (χ1v) is 11.0. The number of rotatable bonds is 9. The third-order valence-electron chi connectivity index (χ3n) is 6.40. The van der Waals surface area contributed by atoms with Gasteiger partial charge < -0.3 is 25.0 Å². The maximum Gasteiger partial charge on any atom is 0.232 e. The molecule has 1 saturated carbocycles. The van der Waals surface area contributed by atoms with Crippen LogP contribution in [0.25, 0.3) is 0 Å². The number of methoxy groups -OCH3 is 1. The SMILES string of the molecule is CN=C(NCC(C(=O)N1CCOCC1)c1ccccc1)NCC1(CCOC)CCC1. The Kier molecular flexibility index (Phi) is 8.51. The van der Waals surface area contributed by atoms with E-state index >= 15 is 0 Å². The van der Waals surface area contributed by atoms with E-state index in [1.54, 1.807) is 14.2 Å². The first-order chi connectivity index (χ1) is 14.7. The van der Waals surface area contributed by atoms with Crippen LogP contribution in [0, 0.1) is 5.41 Å². The summed E-state index contributed by atoms with van der Waals surface area (Å²) in [6.07, 6.45) is 4.79. The molecule has 0 spiro atoms. The molecule has 1 aromatic carbocycles. The molecule has 0 radical (unpaired) electrons. The lowest BCUT2D eigenvalue weighted by Gasteiger charge is -2.42. The van der Waals surface area contributed by atoms with Crippen molar-refractivity contribution in [1.29, 1.82) is 0 Å². The van der Waals surface area contributed by atoms with Gasteiger partial charge in [0.05, 0.1) is 19.1 Å². The number of hydrogen-bond donors (Lipinski definition) is 2. The van der Waals surface area contributed by atoms with Crippen LogP contribution in [0.4, 0.5) is 0 Å². The minimum Gasteiger partial charge on any atom is -0.385 e. The van der Waals surface area contributed by atoms with E-state index in [4.69, 9.17) is 9.47 Å². The Hall–Kier alpha value is -2.12. The van der Waals surface area contributed by atoms with Crippen molar-refractivity contribution in [3.05, 3.63) is 35.9 Å². The Balaban J connectivity index is 1.60. The third kappa shape index (κ3) is 5.95. The zero-order valence-corrected chi connectivity index (χ0v) is 18.4. The summed E-state index contributed by atoms with van der Waals surface area (Å²) < 4.78 is 10.7. The van der Waals surface area contributed by atoms with Gasteiger partial charge in [-0.05, 0) is 30.2 Å². The molecule has 0 bridgehead atoms. The molecule has 2 fully saturated rings. The predicted molar refractivity (Wildman–Crippen MR) is 119 cm³/mol. The van der Waals surface area contributed by atoms with Gasteiger partial charge in [-0.3, -0.25) is 9.79 Å². The van der Waals surface area contributed by atoms with Crippen LogP contribution in [0.1, 0.15) is 37.2 Å². The molecule has 1 amide bonds. The van der Waals surface area contributed by atoms with E-state index < -0.39 is 0 Å². The van der Waals surface area contributed by atoms with Crippen LogP contribution in [0.2, 0.25) is 0 Å². The Morgan fingerprint density at radius 3 is 2.57 bits per heavy atom. The van der Waals surface area contributed by atoms with E-state index in [1.165, 1.54) is 19.3 Å². The van der Waals surface area contributed by atoms with Crippen LogP contribution in [-0.4, -0.2) is 76.9 Å². The zero-order valence-electron chi connectivity index (χ0n) is 18.4. The second-order valence-corrected chi connectivity index (χ2v) is 8.30. The van der Waals surface area contributed by atoms with E-state index in [-0.39, 0.29) is 11.8 Å². The molecule has 0 aromatic heterocycles. The quantitative estimate of drug-likeness (QED) is 0.476. The van der Waals surface area contributed by atoms with E-state index in [0.29, 0.717) is 38.3 Å². The fourth-order valence-corrected chi connectivity index (χ4v) is 4.24. The first-order valence-electron chi connectivity index (χ1n) is 11.0. The molecule has 3 rings (SSSR count). The zero-order chi connectivity index (χ0) is 21.2. The number of ether oxygens (including phenoxy) is 2. The number of aliphatic imine (C=N–C) groups is 1. The Morgan fingerprint density at radius 2 is 1.97 bits per heavy atom. The molecular formula is C23H36N4O3. The smallest absolute Gasteiger partial charge is 0.232 e. The van der Waals surface area contributed by atoms with Gasteiger partial charge >= 0.3 is 0 Å². The largest absolute Gasteiger partial charge is 0.385 e. The Bertz CT molecular complexity index is 685. The van der Waals surface area contributed by atoms with Crippen molar-refractivity contribution in [3.63, 3.8) is 0 Å². The van der Waals surface area contributed by atoms with Crippen LogP contribution < -0.4 is 10.6 Å². The number of benzene rings is 1. The minimum atomic E-state index is -0.256. The lowest BCUT2D eigenvalue weighted by atomic mass is 9.67. The van der Waals surface area contributed by atoms with Crippen molar-refractivity contribution in [2.45, 2.75) is 31.6 Å². The highest BCUT2D eigenvalue weighted by atomic mass is 16.5. The topological polar surface area (TPSA) is 75.2 Å². The highest BCUT2D eigenvalue weighted by molar-refractivity contribution is 5.86. The van der Waals surface area contributed by atoms with Crippen LogP contribution in [0.5, 0.6) is 0 Å². The standard InChI is InChI=1S/C23H36N4O3/c1-24-22(26-18-23(9-6-10-23)11-14-29-2)25-17-20(19-7-4-3-5-8-19)21(28)27-12-15-30-16-13-27/h3-5,7-8,20H,6,9-18H2,1-2H3,(H2,24,25,26). The molecule has 1 saturated heterocycles. The van der Waals surface area contributed by atoms with Crippen molar-refractivity contribution in [2.24, 2.45) is 10.4 Å². The number of nitrogens with one attached hydrogen (secondary N) is 2. The van der Waals surface area contributed by atoms with E-state index in [0.717, 1.165) is 31.1 Å². The highest BCUT2D eigenvalue weighted by Gasteiger charge is 2.36. The number of carbonyl (C=O) groups excluding carboxylic acids is 1. The third-order valence-corrected chi connectivity index (χ3v) is 6.40. The predicted octanol–water partition coefficient (Wildman–Crippen LogP) is 2.00. The summed E-state index contributed by atoms with van der Waals surface area (Å²) in [4.78, 5) is 19.5. The maximum absolute atomic E-state index is 13.2. The summed E-state index contributed by atoms with van der Waals surface area (Å²) in [6.45, 7) is 4.68. The average molecular weight is 417 g/mol. The summed E-state index contributed by atoms with van der Waals surface area (Å²) in [5.74, 6) is 0.631. The van der Waals surface area contributed by atoms with Crippen molar-refractivity contribution in [3.8, 4) is 0 Å². The van der Waals surface area contributed by atoms with Gasteiger partial charge in [0.1, 0.15) is 0 Å². The van der Waals surface area contributed by atoms with E-state index in [2.05, 4.69) is 15.6 Å². The number of guanidine groups is 1. The van der Waals surface area contributed by atoms with Gasteiger partial charge in [0.25, 0.3) is 0 Å². The lowest BCUT2D eigenvalue weighted by Crippen LogP contribution is -2.49. The van der Waals surface area contributed by atoms with Crippen molar-refractivity contribution in [2.75, 3.05) is 60.2 Å². The Labute approximate surface area is 180 Å². The van der Waals surface area contributed by atoms with Gasteiger partial charge in [-0.25, -0.2) is 0 Å². The number of amides is 1. The summed E-state index contributed by atoms with van der Waals surface area (Å²) in [5, 5.41) is 6.88. The number of hydrogen-bond acceptors (Lipinski definition) is 4. The second-order valence-electron chi connectivity index (χ2n) is 8.30. The summed E-state index contributed by atoms with van der Waals surface area (Å²) >= 11 is 0. The molecule has 2 N–H and O–H groups in total. The van der Waals surface area contributed by atoms with Gasteiger partial charge in [0.2, 0.25) is 5.91 Å². The van der Waals surface area contributed by atoms with Crippen LogP contribution in [-0.2, 0) is 14.3 Å².